The molecule has 4 nitrogen and oxygen atoms in total. The molecule has 1 N–H and O–H groups in total. The van der Waals surface area contributed by atoms with Crippen LogP contribution in [-0.2, 0) is 0 Å². The second-order valence-corrected chi connectivity index (χ2v) is 3.93. The molecule has 4 heteroatoms. The number of nitrogens with zero attached hydrogens (tertiary/aromatic N) is 2. The van der Waals surface area contributed by atoms with E-state index in [0.29, 0.717) is 18.7 Å². The number of hydrogen-bond donors (Lipinski definition) is 1. The third-order valence-corrected chi connectivity index (χ3v) is 2.69. The Morgan fingerprint density at radius 3 is 2.72 bits per heavy atom. The lowest BCUT2D eigenvalue weighted by atomic mass is 10.1. The second-order valence-electron chi connectivity index (χ2n) is 3.93. The molecular weight excluding hydrogens is 226 g/mol. The summed E-state index contributed by atoms with van der Waals surface area (Å²) in [5.41, 5.74) is 1.38. The van der Waals surface area contributed by atoms with E-state index in [-0.39, 0.29) is 5.91 Å². The van der Waals surface area contributed by atoms with Crippen LogP contribution in [0, 0.1) is 0 Å². The number of fused-ring (bicyclic) bond motifs is 1. The van der Waals surface area contributed by atoms with Crippen LogP contribution in [0.1, 0.15) is 10.4 Å². The first-order valence-corrected chi connectivity index (χ1v) is 5.71. The number of para-hydroxylation sites is 1. The maximum absolute atomic E-state index is 12.4. The molecule has 1 aromatic heterocycles. The van der Waals surface area contributed by atoms with Crippen molar-refractivity contribution in [3.8, 4) is 0 Å². The average Bonchev–Trinajstić information content (AvgIpc) is 2.85. The van der Waals surface area contributed by atoms with Gasteiger partial charge in [0.15, 0.2) is 0 Å². The lowest BCUT2D eigenvalue weighted by Gasteiger charge is -2.19. The van der Waals surface area contributed by atoms with Crippen molar-refractivity contribution in [2.24, 2.45) is 0 Å². The van der Waals surface area contributed by atoms with Gasteiger partial charge in [-0.2, -0.15) is 5.10 Å². The summed E-state index contributed by atoms with van der Waals surface area (Å²) >= 11 is 0. The first kappa shape index (κ1) is 12.1. The molecule has 18 heavy (non-hydrogen) atoms. The smallest absolute Gasteiger partial charge is 0.256 e. The van der Waals surface area contributed by atoms with E-state index in [1.54, 1.807) is 29.3 Å². The Bertz CT molecular complexity index is 575. The van der Waals surface area contributed by atoms with E-state index in [1.165, 1.54) is 0 Å². The lowest BCUT2D eigenvalue weighted by Crippen LogP contribution is -2.31. The first-order chi connectivity index (χ1) is 8.77. The van der Waals surface area contributed by atoms with Gasteiger partial charge < -0.3 is 4.90 Å². The van der Waals surface area contributed by atoms with Gasteiger partial charge in [-0.25, -0.2) is 0 Å². The van der Waals surface area contributed by atoms with Crippen molar-refractivity contribution in [1.29, 1.82) is 0 Å². The Morgan fingerprint density at radius 1 is 1.33 bits per heavy atom. The number of H-pyrrole nitrogens is 1. The Kier molecular flexibility index (Phi) is 3.57. The Balaban J connectivity index is 2.39. The maximum Gasteiger partial charge on any atom is 0.256 e. The molecule has 1 amide bonds. The van der Waals surface area contributed by atoms with Gasteiger partial charge in [0.1, 0.15) is 0 Å². The molecule has 0 fully saturated rings. The third kappa shape index (κ3) is 2.18. The number of aromatic nitrogens is 2. The molecule has 0 saturated heterocycles. The summed E-state index contributed by atoms with van der Waals surface area (Å²) in [6, 6.07) is 5.56. The van der Waals surface area contributed by atoms with Crippen molar-refractivity contribution in [2.75, 3.05) is 13.1 Å². The molecule has 0 saturated carbocycles. The van der Waals surface area contributed by atoms with Crippen LogP contribution in [0.3, 0.4) is 0 Å². The van der Waals surface area contributed by atoms with Crippen LogP contribution in [0.2, 0.25) is 0 Å². The highest BCUT2D eigenvalue weighted by molar-refractivity contribution is 6.05. The molecule has 0 spiro atoms. The quantitative estimate of drug-likeness (QED) is 0.817. The fourth-order valence-electron chi connectivity index (χ4n) is 1.87. The third-order valence-electron chi connectivity index (χ3n) is 2.69. The van der Waals surface area contributed by atoms with Gasteiger partial charge in [-0.1, -0.05) is 24.3 Å². The number of carbonyl (C=O) groups is 1. The highest BCUT2D eigenvalue weighted by atomic mass is 16.2. The normalized spacial score (nSPS) is 10.2. The average molecular weight is 241 g/mol. The summed E-state index contributed by atoms with van der Waals surface area (Å²) in [4.78, 5) is 14.1. The van der Waals surface area contributed by atoms with Gasteiger partial charge in [0, 0.05) is 18.5 Å². The molecule has 0 bridgehead atoms. The second kappa shape index (κ2) is 5.31. The summed E-state index contributed by atoms with van der Waals surface area (Å²) < 4.78 is 0. The van der Waals surface area contributed by atoms with E-state index in [9.17, 15) is 4.79 Å². The first-order valence-electron chi connectivity index (χ1n) is 5.71. The van der Waals surface area contributed by atoms with Gasteiger partial charge in [-0.05, 0) is 6.07 Å². The number of benzene rings is 1. The van der Waals surface area contributed by atoms with Gasteiger partial charge in [0.25, 0.3) is 5.91 Å². The van der Waals surface area contributed by atoms with E-state index in [2.05, 4.69) is 23.4 Å². The fraction of sp³-hybridized carbons (Fsp3) is 0.143. The van der Waals surface area contributed by atoms with Crippen LogP contribution in [0.15, 0.2) is 49.7 Å². The highest BCUT2D eigenvalue weighted by Gasteiger charge is 2.16. The molecule has 0 aliphatic heterocycles. The van der Waals surface area contributed by atoms with Crippen molar-refractivity contribution in [3.05, 3.63) is 55.3 Å². The lowest BCUT2D eigenvalue weighted by molar-refractivity contribution is 0.0792. The SMILES string of the molecule is C=CCN(CC=C)C(=O)c1cccc2cn[nH]c12. The monoisotopic (exact) mass is 241 g/mol. The zero-order valence-corrected chi connectivity index (χ0v) is 10.1. The Morgan fingerprint density at radius 2 is 2.06 bits per heavy atom. The van der Waals surface area contributed by atoms with Gasteiger partial charge in [-0.3, -0.25) is 9.89 Å². The van der Waals surface area contributed by atoms with Crippen LogP contribution in [0.25, 0.3) is 10.9 Å². The van der Waals surface area contributed by atoms with Gasteiger partial charge in [0.05, 0.1) is 17.3 Å². The number of nitrogens with one attached hydrogen (secondary N) is 1. The summed E-state index contributed by atoms with van der Waals surface area (Å²) in [7, 11) is 0. The van der Waals surface area contributed by atoms with E-state index in [0.717, 1.165) is 10.9 Å². The topological polar surface area (TPSA) is 49.0 Å². The minimum absolute atomic E-state index is 0.0512. The van der Waals surface area contributed by atoms with Gasteiger partial charge >= 0.3 is 0 Å². The van der Waals surface area contributed by atoms with Gasteiger partial charge in [0.2, 0.25) is 0 Å². The summed E-state index contributed by atoms with van der Waals surface area (Å²) in [6.45, 7) is 8.32. The number of hydrogen-bond acceptors (Lipinski definition) is 2. The van der Waals surface area contributed by atoms with Crippen LogP contribution in [-0.4, -0.2) is 34.1 Å². The van der Waals surface area contributed by atoms with Crippen LogP contribution >= 0.6 is 0 Å². The van der Waals surface area contributed by atoms with E-state index in [1.807, 2.05) is 12.1 Å². The number of rotatable bonds is 5. The van der Waals surface area contributed by atoms with Crippen LogP contribution in [0.4, 0.5) is 0 Å². The standard InChI is InChI=1S/C14H15N3O/c1-3-8-17(9-4-2)14(18)12-7-5-6-11-10-15-16-13(11)12/h3-7,10H,1-2,8-9H2,(H,15,16). The predicted molar refractivity (Wildman–Crippen MR) is 72.4 cm³/mol. The summed E-state index contributed by atoms with van der Waals surface area (Å²) in [6.07, 6.45) is 5.11. The molecule has 1 heterocycles. The molecule has 2 aromatic rings. The van der Waals surface area contributed by atoms with Crippen molar-refractivity contribution in [3.63, 3.8) is 0 Å². The van der Waals surface area contributed by atoms with Gasteiger partial charge in [-0.15, -0.1) is 13.2 Å². The fourth-order valence-corrected chi connectivity index (χ4v) is 1.87. The predicted octanol–water partition coefficient (Wildman–Crippen LogP) is 2.38. The summed E-state index contributed by atoms with van der Waals surface area (Å²) in [5.74, 6) is -0.0512. The van der Waals surface area contributed by atoms with Crippen molar-refractivity contribution < 1.29 is 4.79 Å². The van der Waals surface area contributed by atoms with Crippen molar-refractivity contribution in [1.82, 2.24) is 15.1 Å². The summed E-state index contributed by atoms with van der Waals surface area (Å²) in [5, 5.41) is 7.75. The molecule has 0 atom stereocenters. The molecule has 2 rings (SSSR count). The zero-order chi connectivity index (χ0) is 13.0. The maximum atomic E-state index is 12.4. The molecule has 0 radical (unpaired) electrons. The molecule has 0 aliphatic carbocycles. The van der Waals surface area contributed by atoms with E-state index in [4.69, 9.17) is 0 Å². The molecule has 0 unspecified atom stereocenters. The Hall–Kier alpha value is -2.36. The Labute approximate surface area is 106 Å². The molecule has 92 valence electrons. The van der Waals surface area contributed by atoms with Crippen molar-refractivity contribution in [2.45, 2.75) is 0 Å². The molecular formula is C14H15N3O. The van der Waals surface area contributed by atoms with Crippen molar-refractivity contribution >= 4 is 16.8 Å². The van der Waals surface area contributed by atoms with Crippen LogP contribution < -0.4 is 0 Å². The highest BCUT2D eigenvalue weighted by Crippen LogP contribution is 2.17. The number of aromatic amines is 1. The largest absolute Gasteiger partial charge is 0.331 e. The zero-order valence-electron chi connectivity index (χ0n) is 10.1. The minimum atomic E-state index is -0.0512. The van der Waals surface area contributed by atoms with Crippen LogP contribution in [0.5, 0.6) is 0 Å². The molecule has 0 aliphatic rings. The number of amides is 1. The van der Waals surface area contributed by atoms with E-state index >= 15 is 0 Å². The number of carbonyl (C=O) groups excluding carboxylic acids is 1. The minimum Gasteiger partial charge on any atom is -0.331 e. The molecule has 1 aromatic carbocycles. The van der Waals surface area contributed by atoms with E-state index < -0.39 is 0 Å².